The average molecular weight is 356 g/mol. The van der Waals surface area contributed by atoms with Gasteiger partial charge < -0.3 is 15.4 Å². The van der Waals surface area contributed by atoms with E-state index in [-0.39, 0.29) is 17.7 Å². The van der Waals surface area contributed by atoms with Crippen LogP contribution >= 0.6 is 0 Å². The Labute approximate surface area is 152 Å². The van der Waals surface area contributed by atoms with Gasteiger partial charge in [0.05, 0.1) is 6.20 Å². The molecule has 0 spiro atoms. The zero-order valence-electron chi connectivity index (χ0n) is 15.1. The van der Waals surface area contributed by atoms with Gasteiger partial charge in [0.2, 0.25) is 5.95 Å². The molecule has 0 radical (unpaired) electrons. The quantitative estimate of drug-likeness (QED) is 0.855. The SMILES string of the molecule is Cn1nccc1Nc1ncc([C@H]2CC[C@@H](OC(=O)NC3(C)CC3)C2)cn1. The smallest absolute Gasteiger partial charge is 0.407 e. The number of nitrogens with zero attached hydrogens (tertiary/aromatic N) is 4. The van der Waals surface area contributed by atoms with E-state index >= 15 is 0 Å². The molecule has 0 saturated heterocycles. The summed E-state index contributed by atoms with van der Waals surface area (Å²) in [6.07, 6.45) is 9.84. The highest BCUT2D eigenvalue weighted by Crippen LogP contribution is 2.37. The number of aromatic nitrogens is 4. The highest BCUT2D eigenvalue weighted by Gasteiger charge is 2.40. The van der Waals surface area contributed by atoms with Crippen molar-refractivity contribution in [2.75, 3.05) is 5.32 Å². The minimum Gasteiger partial charge on any atom is -0.446 e. The monoisotopic (exact) mass is 356 g/mol. The molecule has 2 aromatic rings. The molecule has 8 heteroatoms. The van der Waals surface area contributed by atoms with E-state index in [4.69, 9.17) is 4.74 Å². The zero-order chi connectivity index (χ0) is 18.1. The van der Waals surface area contributed by atoms with E-state index in [0.29, 0.717) is 11.9 Å². The summed E-state index contributed by atoms with van der Waals surface area (Å²) in [4.78, 5) is 20.7. The topological polar surface area (TPSA) is 94.0 Å². The minimum absolute atomic E-state index is 0.0328. The highest BCUT2D eigenvalue weighted by atomic mass is 16.6. The predicted molar refractivity (Wildman–Crippen MR) is 96.2 cm³/mol. The maximum atomic E-state index is 11.9. The highest BCUT2D eigenvalue weighted by molar-refractivity contribution is 5.69. The Balaban J connectivity index is 1.30. The van der Waals surface area contributed by atoms with E-state index in [9.17, 15) is 4.79 Å². The zero-order valence-corrected chi connectivity index (χ0v) is 15.1. The van der Waals surface area contributed by atoms with Crippen LogP contribution in [0, 0.1) is 0 Å². The summed E-state index contributed by atoms with van der Waals surface area (Å²) < 4.78 is 7.30. The molecule has 8 nitrogen and oxygen atoms in total. The molecule has 2 saturated carbocycles. The molecule has 4 rings (SSSR count). The second-order valence-corrected chi connectivity index (χ2v) is 7.53. The van der Waals surface area contributed by atoms with Crippen molar-refractivity contribution in [1.29, 1.82) is 0 Å². The fourth-order valence-electron chi connectivity index (χ4n) is 3.31. The number of carbonyl (C=O) groups is 1. The Morgan fingerprint density at radius 1 is 1.31 bits per heavy atom. The Morgan fingerprint density at radius 3 is 2.73 bits per heavy atom. The summed E-state index contributed by atoms with van der Waals surface area (Å²) in [5.74, 6) is 1.71. The number of amides is 1. The molecule has 0 aliphatic heterocycles. The molecule has 0 bridgehead atoms. The second-order valence-electron chi connectivity index (χ2n) is 7.53. The number of hydrogen-bond acceptors (Lipinski definition) is 6. The van der Waals surface area contributed by atoms with Crippen molar-refractivity contribution in [2.24, 2.45) is 7.05 Å². The average Bonchev–Trinajstić information content (AvgIpc) is 2.98. The van der Waals surface area contributed by atoms with Crippen LogP contribution in [-0.2, 0) is 11.8 Å². The summed E-state index contributed by atoms with van der Waals surface area (Å²) in [5, 5.41) is 10.2. The third-order valence-electron chi connectivity index (χ3n) is 5.27. The van der Waals surface area contributed by atoms with Gasteiger partial charge in [-0.3, -0.25) is 4.68 Å². The summed E-state index contributed by atoms with van der Waals surface area (Å²) in [7, 11) is 1.86. The van der Waals surface area contributed by atoms with Crippen molar-refractivity contribution < 1.29 is 9.53 Å². The van der Waals surface area contributed by atoms with Crippen molar-refractivity contribution in [3.8, 4) is 0 Å². The normalized spacial score (nSPS) is 23.5. The van der Waals surface area contributed by atoms with E-state index in [1.54, 1.807) is 10.9 Å². The van der Waals surface area contributed by atoms with Gasteiger partial charge in [-0.2, -0.15) is 5.10 Å². The molecule has 2 aliphatic rings. The number of carbonyl (C=O) groups excluding carboxylic acids is 1. The van der Waals surface area contributed by atoms with Crippen LogP contribution < -0.4 is 10.6 Å². The molecule has 26 heavy (non-hydrogen) atoms. The first-order valence-electron chi connectivity index (χ1n) is 9.06. The Hall–Kier alpha value is -2.64. The molecule has 138 valence electrons. The minimum atomic E-state index is -0.289. The fourth-order valence-corrected chi connectivity index (χ4v) is 3.31. The van der Waals surface area contributed by atoms with Gasteiger partial charge >= 0.3 is 6.09 Å². The van der Waals surface area contributed by atoms with Crippen LogP contribution in [0.5, 0.6) is 0 Å². The molecule has 2 fully saturated rings. The number of ether oxygens (including phenoxy) is 1. The molecule has 1 amide bonds. The molecule has 2 aromatic heterocycles. The standard InChI is InChI=1S/C18H24N6O2/c1-18(6-7-18)23-17(25)26-14-4-3-12(9-14)13-10-19-16(20-11-13)22-15-5-8-21-24(15)2/h5,8,10-12,14H,3-4,6-7,9H2,1-2H3,(H,23,25)(H,19,20,22)/t12-,14+/m0/s1. The maximum Gasteiger partial charge on any atom is 0.407 e. The maximum absolute atomic E-state index is 11.9. The number of nitrogens with one attached hydrogen (secondary N) is 2. The lowest BCUT2D eigenvalue weighted by Gasteiger charge is -2.16. The van der Waals surface area contributed by atoms with Gasteiger partial charge in [0.15, 0.2) is 0 Å². The fraction of sp³-hybridized carbons (Fsp3) is 0.556. The van der Waals surface area contributed by atoms with Crippen LogP contribution in [0.2, 0.25) is 0 Å². The molecule has 2 atom stereocenters. The summed E-state index contributed by atoms with van der Waals surface area (Å²) in [6.45, 7) is 2.05. The second kappa shape index (κ2) is 6.59. The van der Waals surface area contributed by atoms with Crippen LogP contribution in [0.15, 0.2) is 24.7 Å². The molecular weight excluding hydrogens is 332 g/mol. The summed E-state index contributed by atoms with van der Waals surface area (Å²) >= 11 is 0. The van der Waals surface area contributed by atoms with Crippen LogP contribution in [0.25, 0.3) is 0 Å². The lowest BCUT2D eigenvalue weighted by molar-refractivity contribution is 0.0967. The van der Waals surface area contributed by atoms with Crippen molar-refractivity contribution in [3.63, 3.8) is 0 Å². The lowest BCUT2D eigenvalue weighted by atomic mass is 10.0. The van der Waals surface area contributed by atoms with Crippen molar-refractivity contribution >= 4 is 17.9 Å². The van der Waals surface area contributed by atoms with Crippen LogP contribution in [0.3, 0.4) is 0 Å². The van der Waals surface area contributed by atoms with E-state index < -0.39 is 0 Å². The molecule has 2 aliphatic carbocycles. The van der Waals surface area contributed by atoms with Gasteiger partial charge in [0, 0.05) is 31.0 Å². The van der Waals surface area contributed by atoms with E-state index in [1.807, 2.05) is 32.4 Å². The lowest BCUT2D eigenvalue weighted by Crippen LogP contribution is -2.36. The van der Waals surface area contributed by atoms with Crippen LogP contribution in [-0.4, -0.2) is 37.5 Å². The molecule has 2 N–H and O–H groups in total. The number of aryl methyl sites for hydroxylation is 1. The number of anilines is 2. The molecule has 0 unspecified atom stereocenters. The third kappa shape index (κ3) is 3.79. The summed E-state index contributed by atoms with van der Waals surface area (Å²) in [6, 6.07) is 1.86. The van der Waals surface area contributed by atoms with E-state index in [0.717, 1.165) is 43.5 Å². The van der Waals surface area contributed by atoms with Crippen molar-refractivity contribution in [3.05, 3.63) is 30.2 Å². The summed E-state index contributed by atoms with van der Waals surface area (Å²) in [5.41, 5.74) is 1.04. The number of rotatable bonds is 5. The Bertz CT molecular complexity index is 783. The van der Waals surface area contributed by atoms with E-state index in [1.165, 1.54) is 0 Å². The van der Waals surface area contributed by atoms with Gasteiger partial charge in [-0.25, -0.2) is 14.8 Å². The first kappa shape index (κ1) is 16.8. The van der Waals surface area contributed by atoms with Gasteiger partial charge in [0.1, 0.15) is 11.9 Å². The van der Waals surface area contributed by atoms with Crippen LogP contribution in [0.4, 0.5) is 16.6 Å². The van der Waals surface area contributed by atoms with Gasteiger partial charge in [-0.15, -0.1) is 0 Å². The Morgan fingerprint density at radius 2 is 2.08 bits per heavy atom. The van der Waals surface area contributed by atoms with Gasteiger partial charge in [-0.05, 0) is 50.5 Å². The Kier molecular flexibility index (Phi) is 4.26. The van der Waals surface area contributed by atoms with Gasteiger partial charge in [0.25, 0.3) is 0 Å². The van der Waals surface area contributed by atoms with E-state index in [2.05, 4.69) is 25.7 Å². The first-order valence-corrected chi connectivity index (χ1v) is 9.06. The third-order valence-corrected chi connectivity index (χ3v) is 5.27. The number of hydrogen-bond donors (Lipinski definition) is 2. The molecule has 0 aromatic carbocycles. The van der Waals surface area contributed by atoms with Gasteiger partial charge in [-0.1, -0.05) is 0 Å². The van der Waals surface area contributed by atoms with Crippen LogP contribution in [0.1, 0.15) is 50.5 Å². The number of alkyl carbamates (subject to hydrolysis) is 1. The molecular formula is C18H24N6O2. The first-order chi connectivity index (χ1) is 12.5. The molecule has 2 heterocycles. The van der Waals surface area contributed by atoms with Crippen molar-refractivity contribution in [2.45, 2.75) is 56.6 Å². The predicted octanol–water partition coefficient (Wildman–Crippen LogP) is 2.87. The largest absolute Gasteiger partial charge is 0.446 e. The van der Waals surface area contributed by atoms with Crippen molar-refractivity contribution in [1.82, 2.24) is 25.1 Å².